The van der Waals surface area contributed by atoms with E-state index in [4.69, 9.17) is 16.3 Å². The summed E-state index contributed by atoms with van der Waals surface area (Å²) in [6.45, 7) is 1.79. The topological polar surface area (TPSA) is 66.8 Å². The van der Waals surface area contributed by atoms with E-state index in [9.17, 15) is 14.7 Å². The van der Waals surface area contributed by atoms with Crippen LogP contribution < -0.4 is 0 Å². The molecular formula is C17H20ClNO4. The van der Waals surface area contributed by atoms with Gasteiger partial charge in [-0.05, 0) is 49.4 Å². The third kappa shape index (κ3) is 3.51. The van der Waals surface area contributed by atoms with Crippen LogP contribution in [0.3, 0.4) is 0 Å². The first-order chi connectivity index (χ1) is 11.1. The van der Waals surface area contributed by atoms with Crippen molar-refractivity contribution in [2.24, 2.45) is 11.8 Å². The van der Waals surface area contributed by atoms with Crippen LogP contribution in [0.4, 0.5) is 0 Å². The maximum absolute atomic E-state index is 12.5. The van der Waals surface area contributed by atoms with Gasteiger partial charge in [0, 0.05) is 30.3 Å². The highest BCUT2D eigenvalue weighted by atomic mass is 35.5. The van der Waals surface area contributed by atoms with Crippen molar-refractivity contribution < 1.29 is 19.4 Å². The lowest BCUT2D eigenvalue weighted by atomic mass is 9.84. The highest BCUT2D eigenvalue weighted by molar-refractivity contribution is 6.30. The molecule has 2 saturated heterocycles. The average Bonchev–Trinajstić information content (AvgIpc) is 3.05. The second-order valence-corrected chi connectivity index (χ2v) is 6.64. The molecule has 2 aliphatic heterocycles. The van der Waals surface area contributed by atoms with Crippen LogP contribution in [0.25, 0.3) is 0 Å². The molecule has 6 heteroatoms. The van der Waals surface area contributed by atoms with E-state index in [2.05, 4.69) is 0 Å². The number of benzene rings is 1. The minimum atomic E-state index is -0.771. The van der Waals surface area contributed by atoms with Gasteiger partial charge in [0.15, 0.2) is 0 Å². The second-order valence-electron chi connectivity index (χ2n) is 6.21. The third-order valence-corrected chi connectivity index (χ3v) is 5.09. The summed E-state index contributed by atoms with van der Waals surface area (Å²) in [5.41, 5.74) is 0.633. The molecule has 124 valence electrons. The Morgan fingerprint density at radius 2 is 1.78 bits per heavy atom. The molecule has 2 atom stereocenters. The Hall–Kier alpha value is -1.59. The van der Waals surface area contributed by atoms with Crippen molar-refractivity contribution in [3.05, 3.63) is 34.9 Å². The molecule has 2 aliphatic rings. The van der Waals surface area contributed by atoms with Gasteiger partial charge in [0.05, 0.1) is 12.0 Å². The molecule has 0 bridgehead atoms. The van der Waals surface area contributed by atoms with Gasteiger partial charge in [0.2, 0.25) is 0 Å². The zero-order chi connectivity index (χ0) is 16.4. The minimum Gasteiger partial charge on any atom is -0.481 e. The number of hydrogen-bond acceptors (Lipinski definition) is 3. The van der Waals surface area contributed by atoms with Crippen molar-refractivity contribution >= 4 is 23.5 Å². The number of carbonyl (C=O) groups is 2. The number of halogens is 1. The molecule has 2 fully saturated rings. The van der Waals surface area contributed by atoms with Crippen molar-refractivity contribution in [2.75, 3.05) is 19.7 Å². The van der Waals surface area contributed by atoms with Crippen molar-refractivity contribution in [2.45, 2.75) is 25.4 Å². The summed E-state index contributed by atoms with van der Waals surface area (Å²) >= 11 is 5.85. The Kier molecular flexibility index (Phi) is 4.87. The molecule has 1 aromatic rings. The molecule has 23 heavy (non-hydrogen) atoms. The summed E-state index contributed by atoms with van der Waals surface area (Å²) in [7, 11) is 0. The molecule has 1 aromatic carbocycles. The summed E-state index contributed by atoms with van der Waals surface area (Å²) in [4.78, 5) is 25.6. The van der Waals surface area contributed by atoms with Crippen LogP contribution in [-0.4, -0.2) is 47.7 Å². The minimum absolute atomic E-state index is 0.00208. The fourth-order valence-electron chi connectivity index (χ4n) is 3.55. The van der Waals surface area contributed by atoms with Gasteiger partial charge in [-0.2, -0.15) is 0 Å². The van der Waals surface area contributed by atoms with Gasteiger partial charge in [0.25, 0.3) is 5.91 Å². The Morgan fingerprint density at radius 3 is 2.39 bits per heavy atom. The zero-order valence-corrected chi connectivity index (χ0v) is 13.5. The van der Waals surface area contributed by atoms with Crippen LogP contribution in [0.2, 0.25) is 5.02 Å². The molecule has 5 nitrogen and oxygen atoms in total. The highest BCUT2D eigenvalue weighted by Gasteiger charge is 2.40. The van der Waals surface area contributed by atoms with Crippen molar-refractivity contribution in [1.29, 1.82) is 0 Å². The smallest absolute Gasteiger partial charge is 0.309 e. The SMILES string of the molecule is O=C(O)C1CCO[C@H]1C1CCN(C(=O)c2ccc(Cl)cc2)CC1. The molecule has 0 aliphatic carbocycles. The third-order valence-electron chi connectivity index (χ3n) is 4.84. The highest BCUT2D eigenvalue weighted by Crippen LogP contribution is 2.33. The molecule has 0 aromatic heterocycles. The summed E-state index contributed by atoms with van der Waals surface area (Å²) in [5.74, 6) is -0.958. The quantitative estimate of drug-likeness (QED) is 0.920. The lowest BCUT2D eigenvalue weighted by molar-refractivity contribution is -0.145. The summed E-state index contributed by atoms with van der Waals surface area (Å²) in [6, 6.07) is 6.89. The zero-order valence-electron chi connectivity index (χ0n) is 12.8. The van der Waals surface area contributed by atoms with E-state index >= 15 is 0 Å². The number of likely N-dealkylation sites (tertiary alicyclic amines) is 1. The monoisotopic (exact) mass is 337 g/mol. The Balaban J connectivity index is 1.59. The lowest BCUT2D eigenvalue weighted by Crippen LogP contribution is -2.43. The Morgan fingerprint density at radius 1 is 1.13 bits per heavy atom. The number of carbonyl (C=O) groups excluding carboxylic acids is 1. The van der Waals surface area contributed by atoms with E-state index < -0.39 is 11.9 Å². The molecule has 0 saturated carbocycles. The van der Waals surface area contributed by atoms with Crippen LogP contribution in [-0.2, 0) is 9.53 Å². The fourth-order valence-corrected chi connectivity index (χ4v) is 3.67. The number of rotatable bonds is 3. The van der Waals surface area contributed by atoms with Crippen LogP contribution in [0.1, 0.15) is 29.6 Å². The molecule has 1 N–H and O–H groups in total. The number of carboxylic acid groups (broad SMARTS) is 1. The molecule has 0 radical (unpaired) electrons. The lowest BCUT2D eigenvalue weighted by Gasteiger charge is -2.35. The predicted molar refractivity (Wildman–Crippen MR) is 85.6 cm³/mol. The largest absolute Gasteiger partial charge is 0.481 e. The van der Waals surface area contributed by atoms with E-state index in [0.717, 1.165) is 12.8 Å². The van der Waals surface area contributed by atoms with Gasteiger partial charge in [-0.15, -0.1) is 0 Å². The standard InChI is InChI=1S/C17H20ClNO4/c18-13-3-1-12(2-4-13)16(20)19-8-5-11(6-9-19)15-14(17(21)22)7-10-23-15/h1-4,11,14-15H,5-10H2,(H,21,22)/t14?,15-/m0/s1. The van der Waals surface area contributed by atoms with E-state index in [1.807, 2.05) is 4.90 Å². The second kappa shape index (κ2) is 6.89. The van der Waals surface area contributed by atoms with Crippen LogP contribution in [0.5, 0.6) is 0 Å². The molecule has 1 amide bonds. The Labute approximate surface area is 140 Å². The number of hydrogen-bond donors (Lipinski definition) is 1. The molecule has 1 unspecified atom stereocenters. The van der Waals surface area contributed by atoms with E-state index in [0.29, 0.717) is 36.7 Å². The van der Waals surface area contributed by atoms with Gasteiger partial charge in [0.1, 0.15) is 0 Å². The molecule has 2 heterocycles. The van der Waals surface area contributed by atoms with Gasteiger partial charge < -0.3 is 14.7 Å². The number of ether oxygens (including phenoxy) is 1. The number of nitrogens with zero attached hydrogens (tertiary/aromatic N) is 1. The van der Waals surface area contributed by atoms with Gasteiger partial charge in [-0.25, -0.2) is 0 Å². The molecule has 3 rings (SSSR count). The fraction of sp³-hybridized carbons (Fsp3) is 0.529. The molecular weight excluding hydrogens is 318 g/mol. The number of amides is 1. The summed E-state index contributed by atoms with van der Waals surface area (Å²) in [6.07, 6.45) is 1.95. The first kappa shape index (κ1) is 16.3. The van der Waals surface area contributed by atoms with Crippen LogP contribution >= 0.6 is 11.6 Å². The Bertz CT molecular complexity index is 581. The number of aliphatic carboxylic acids is 1. The maximum atomic E-state index is 12.5. The number of carboxylic acids is 1. The van der Waals surface area contributed by atoms with Gasteiger partial charge in [-0.1, -0.05) is 11.6 Å². The summed E-state index contributed by atoms with van der Waals surface area (Å²) in [5, 5.41) is 9.88. The van der Waals surface area contributed by atoms with Crippen molar-refractivity contribution in [3.63, 3.8) is 0 Å². The predicted octanol–water partition coefficient (Wildman–Crippen LogP) is 2.68. The maximum Gasteiger partial charge on any atom is 0.309 e. The number of piperidine rings is 1. The van der Waals surface area contributed by atoms with Crippen LogP contribution in [0, 0.1) is 11.8 Å². The van der Waals surface area contributed by atoms with Gasteiger partial charge >= 0.3 is 5.97 Å². The normalized spacial score (nSPS) is 25.5. The first-order valence-corrected chi connectivity index (χ1v) is 8.33. The van der Waals surface area contributed by atoms with Crippen molar-refractivity contribution in [1.82, 2.24) is 4.90 Å². The van der Waals surface area contributed by atoms with Crippen molar-refractivity contribution in [3.8, 4) is 0 Å². The van der Waals surface area contributed by atoms with E-state index in [1.54, 1.807) is 24.3 Å². The van der Waals surface area contributed by atoms with Crippen LogP contribution in [0.15, 0.2) is 24.3 Å². The van der Waals surface area contributed by atoms with E-state index in [-0.39, 0.29) is 17.9 Å². The van der Waals surface area contributed by atoms with E-state index in [1.165, 1.54) is 0 Å². The van der Waals surface area contributed by atoms with Gasteiger partial charge in [-0.3, -0.25) is 9.59 Å². The molecule has 0 spiro atoms. The average molecular weight is 338 g/mol. The summed E-state index contributed by atoms with van der Waals surface area (Å²) < 4.78 is 5.66. The first-order valence-electron chi connectivity index (χ1n) is 7.95.